The van der Waals surface area contributed by atoms with Crippen LogP contribution in [0.4, 0.5) is 5.69 Å². The van der Waals surface area contributed by atoms with E-state index in [9.17, 15) is 4.79 Å². The number of thiazole rings is 1. The number of hydrogen-bond donors (Lipinski definition) is 1. The van der Waals surface area contributed by atoms with Crippen molar-refractivity contribution in [1.29, 1.82) is 0 Å². The van der Waals surface area contributed by atoms with Crippen molar-refractivity contribution >= 4 is 90.7 Å². The maximum Gasteiger partial charge on any atom is 0.255 e. The van der Waals surface area contributed by atoms with Crippen LogP contribution in [0.5, 0.6) is 0 Å². The number of thioether (sulfide) groups is 1. The highest BCUT2D eigenvalue weighted by Gasteiger charge is 2.11. The van der Waals surface area contributed by atoms with Crippen molar-refractivity contribution < 1.29 is 4.79 Å². The molecular formula is C21H13Cl2IN2OS2. The first-order valence-corrected chi connectivity index (χ1v) is 12.2. The third kappa shape index (κ3) is 5.24. The molecule has 8 heteroatoms. The molecule has 0 fully saturated rings. The summed E-state index contributed by atoms with van der Waals surface area (Å²) in [6.45, 7) is 0. The Kier molecular flexibility index (Phi) is 6.66. The second kappa shape index (κ2) is 9.22. The topological polar surface area (TPSA) is 42.0 Å². The predicted octanol–water partition coefficient (Wildman–Crippen LogP) is 7.75. The van der Waals surface area contributed by atoms with E-state index in [0.717, 1.165) is 20.3 Å². The molecule has 1 amide bonds. The molecule has 0 spiro atoms. The number of anilines is 1. The molecule has 0 radical (unpaired) electrons. The third-order valence-electron chi connectivity index (χ3n) is 4.08. The van der Waals surface area contributed by atoms with Gasteiger partial charge in [-0.2, -0.15) is 0 Å². The van der Waals surface area contributed by atoms with E-state index in [1.54, 1.807) is 41.3 Å². The fourth-order valence-corrected chi connectivity index (χ4v) is 5.33. The Morgan fingerprint density at radius 3 is 2.59 bits per heavy atom. The minimum absolute atomic E-state index is 0.235. The van der Waals surface area contributed by atoms with Crippen molar-refractivity contribution in [3.63, 3.8) is 0 Å². The highest BCUT2D eigenvalue weighted by atomic mass is 127. The average Bonchev–Trinajstić information content (AvgIpc) is 3.12. The number of nitrogens with zero attached hydrogens (tertiary/aromatic N) is 1. The summed E-state index contributed by atoms with van der Waals surface area (Å²) in [7, 11) is 0. The highest BCUT2D eigenvalue weighted by molar-refractivity contribution is 14.1. The first-order valence-electron chi connectivity index (χ1n) is 8.52. The zero-order chi connectivity index (χ0) is 20.4. The number of benzene rings is 3. The average molecular weight is 571 g/mol. The minimum atomic E-state index is -0.235. The van der Waals surface area contributed by atoms with Crippen LogP contribution in [0, 0.1) is 3.57 Å². The molecular weight excluding hydrogens is 558 g/mol. The van der Waals surface area contributed by atoms with E-state index < -0.39 is 0 Å². The van der Waals surface area contributed by atoms with Crippen LogP contribution in [-0.2, 0) is 5.75 Å². The van der Waals surface area contributed by atoms with E-state index in [0.29, 0.717) is 21.3 Å². The standard InChI is InChI=1S/C21H13Cl2IN2OS2/c22-16-7-3-13(9-17(16)23)20(27)25-15-6-8-18-19(10-15)29-21(26-18)28-11-12-1-4-14(24)5-2-12/h1-10H,11H2,(H,25,27). The van der Waals surface area contributed by atoms with Crippen LogP contribution in [0.2, 0.25) is 10.0 Å². The highest BCUT2D eigenvalue weighted by Crippen LogP contribution is 2.33. The molecule has 1 N–H and O–H groups in total. The van der Waals surface area contributed by atoms with Crippen molar-refractivity contribution in [2.24, 2.45) is 0 Å². The molecule has 0 unspecified atom stereocenters. The Labute approximate surface area is 200 Å². The van der Waals surface area contributed by atoms with Gasteiger partial charge in [0.15, 0.2) is 4.34 Å². The fourth-order valence-electron chi connectivity index (χ4n) is 2.61. The number of hydrogen-bond acceptors (Lipinski definition) is 4. The predicted molar refractivity (Wildman–Crippen MR) is 133 cm³/mol. The second-order valence-electron chi connectivity index (χ2n) is 6.16. The lowest BCUT2D eigenvalue weighted by molar-refractivity contribution is 0.102. The van der Waals surface area contributed by atoms with E-state index in [1.807, 2.05) is 18.2 Å². The van der Waals surface area contributed by atoms with Crippen molar-refractivity contribution in [1.82, 2.24) is 4.98 Å². The Hall–Kier alpha value is -1.32. The molecule has 0 aliphatic carbocycles. The summed E-state index contributed by atoms with van der Waals surface area (Å²) in [6, 6.07) is 19.0. The van der Waals surface area contributed by atoms with Crippen molar-refractivity contribution in [3.8, 4) is 0 Å². The summed E-state index contributed by atoms with van der Waals surface area (Å²) in [5, 5.41) is 3.67. The van der Waals surface area contributed by atoms with Crippen LogP contribution in [0.3, 0.4) is 0 Å². The van der Waals surface area contributed by atoms with Gasteiger partial charge in [0.2, 0.25) is 0 Å². The number of nitrogens with one attached hydrogen (secondary N) is 1. The molecule has 0 atom stereocenters. The molecule has 146 valence electrons. The molecule has 1 aromatic heterocycles. The van der Waals surface area contributed by atoms with Crippen LogP contribution in [0.25, 0.3) is 10.2 Å². The molecule has 3 nitrogen and oxygen atoms in total. The molecule has 0 aliphatic heterocycles. The number of fused-ring (bicyclic) bond motifs is 1. The van der Waals surface area contributed by atoms with Gasteiger partial charge in [0.25, 0.3) is 5.91 Å². The number of aromatic nitrogens is 1. The summed E-state index contributed by atoms with van der Waals surface area (Å²) in [5.41, 5.74) is 3.36. The normalized spacial score (nSPS) is 11.0. The maximum atomic E-state index is 12.5. The van der Waals surface area contributed by atoms with Crippen molar-refractivity contribution in [3.05, 3.63) is 85.4 Å². The first kappa shape index (κ1) is 20.9. The van der Waals surface area contributed by atoms with Gasteiger partial charge in [0, 0.05) is 20.6 Å². The number of carbonyl (C=O) groups is 1. The second-order valence-corrected chi connectivity index (χ2v) is 10.5. The van der Waals surface area contributed by atoms with Crippen molar-refractivity contribution in [2.75, 3.05) is 5.32 Å². The lowest BCUT2D eigenvalue weighted by Gasteiger charge is -2.06. The Balaban J connectivity index is 1.46. The van der Waals surface area contributed by atoms with Crippen molar-refractivity contribution in [2.45, 2.75) is 10.1 Å². The fraction of sp³-hybridized carbons (Fsp3) is 0.0476. The molecule has 0 saturated carbocycles. The molecule has 0 bridgehead atoms. The van der Waals surface area contributed by atoms with Gasteiger partial charge in [-0.3, -0.25) is 4.79 Å². The quantitative estimate of drug-likeness (QED) is 0.197. The molecule has 3 aromatic carbocycles. The monoisotopic (exact) mass is 570 g/mol. The molecule has 0 aliphatic rings. The SMILES string of the molecule is O=C(Nc1ccc2nc(SCc3ccc(I)cc3)sc2c1)c1ccc(Cl)c(Cl)c1. The summed E-state index contributed by atoms with van der Waals surface area (Å²) < 4.78 is 3.26. The van der Waals surface area contributed by atoms with E-state index in [1.165, 1.54) is 9.13 Å². The van der Waals surface area contributed by atoms with Crippen LogP contribution in [0.1, 0.15) is 15.9 Å². The lowest BCUT2D eigenvalue weighted by Crippen LogP contribution is -2.11. The van der Waals surface area contributed by atoms with E-state index >= 15 is 0 Å². The van der Waals surface area contributed by atoms with Gasteiger partial charge in [-0.15, -0.1) is 11.3 Å². The van der Waals surface area contributed by atoms with Crippen LogP contribution >= 0.6 is 68.9 Å². The van der Waals surface area contributed by atoms with Gasteiger partial charge in [-0.1, -0.05) is 47.1 Å². The molecule has 29 heavy (non-hydrogen) atoms. The molecule has 1 heterocycles. The summed E-state index contributed by atoms with van der Waals surface area (Å²) in [6.07, 6.45) is 0. The summed E-state index contributed by atoms with van der Waals surface area (Å²) in [4.78, 5) is 17.2. The number of carbonyl (C=O) groups excluding carboxylic acids is 1. The lowest BCUT2D eigenvalue weighted by atomic mass is 10.2. The zero-order valence-corrected chi connectivity index (χ0v) is 20.1. The number of amides is 1. The smallest absolute Gasteiger partial charge is 0.255 e. The number of halogens is 3. The van der Waals surface area contributed by atoms with Gasteiger partial charge in [-0.25, -0.2) is 4.98 Å². The first-order chi connectivity index (χ1) is 14.0. The minimum Gasteiger partial charge on any atom is -0.322 e. The largest absolute Gasteiger partial charge is 0.322 e. The molecule has 0 saturated heterocycles. The summed E-state index contributed by atoms with van der Waals surface area (Å²) >= 11 is 17.6. The van der Waals surface area contributed by atoms with Gasteiger partial charge < -0.3 is 5.32 Å². The van der Waals surface area contributed by atoms with Gasteiger partial charge >= 0.3 is 0 Å². The van der Waals surface area contributed by atoms with E-state index in [4.69, 9.17) is 23.2 Å². The van der Waals surface area contributed by atoms with Gasteiger partial charge in [0.1, 0.15) is 0 Å². The number of rotatable bonds is 5. The van der Waals surface area contributed by atoms with Crippen LogP contribution in [-0.4, -0.2) is 10.9 Å². The van der Waals surface area contributed by atoms with E-state index in [-0.39, 0.29) is 5.91 Å². The van der Waals surface area contributed by atoms with Crippen LogP contribution in [0.15, 0.2) is 65.0 Å². The Bertz CT molecular complexity index is 1200. The van der Waals surface area contributed by atoms with Crippen LogP contribution < -0.4 is 5.32 Å². The molecule has 4 aromatic rings. The Morgan fingerprint density at radius 2 is 1.83 bits per heavy atom. The van der Waals surface area contributed by atoms with Gasteiger partial charge in [0.05, 0.1) is 20.3 Å². The van der Waals surface area contributed by atoms with Gasteiger partial charge in [-0.05, 0) is 76.7 Å². The maximum absolute atomic E-state index is 12.5. The molecule has 4 rings (SSSR count). The third-order valence-corrected chi connectivity index (χ3v) is 7.77. The summed E-state index contributed by atoms with van der Waals surface area (Å²) in [5.74, 6) is 0.637. The zero-order valence-electron chi connectivity index (χ0n) is 14.8. The van der Waals surface area contributed by atoms with E-state index in [2.05, 4.69) is 57.2 Å². The Morgan fingerprint density at radius 1 is 1.03 bits per heavy atom.